The van der Waals surface area contributed by atoms with Crippen molar-refractivity contribution in [1.82, 2.24) is 0 Å². The van der Waals surface area contributed by atoms with E-state index in [9.17, 15) is 0 Å². The van der Waals surface area contributed by atoms with Gasteiger partial charge in [-0.15, -0.1) is 11.3 Å². The highest BCUT2D eigenvalue weighted by Crippen LogP contribution is 2.42. The molecule has 0 N–H and O–H groups in total. The molecule has 172 valence electrons. The monoisotopic (exact) mass is 471 g/mol. The molecular weight excluding hydrogens is 442 g/mol. The van der Waals surface area contributed by atoms with Gasteiger partial charge < -0.3 is 4.90 Å². The van der Waals surface area contributed by atoms with E-state index in [0.717, 1.165) is 6.42 Å². The molecular formula is C33H29NS. The highest BCUT2D eigenvalue weighted by Gasteiger charge is 2.17. The maximum absolute atomic E-state index is 2.41. The van der Waals surface area contributed by atoms with Gasteiger partial charge in [0.25, 0.3) is 0 Å². The summed E-state index contributed by atoms with van der Waals surface area (Å²) in [6.45, 7) is 4.42. The van der Waals surface area contributed by atoms with Gasteiger partial charge in [-0.1, -0.05) is 80.1 Å². The van der Waals surface area contributed by atoms with Gasteiger partial charge in [-0.05, 0) is 72.7 Å². The maximum Gasteiger partial charge on any atom is 0.0540 e. The average molecular weight is 472 g/mol. The minimum absolute atomic E-state index is 1.16. The lowest BCUT2D eigenvalue weighted by Gasteiger charge is -2.27. The molecule has 2 heteroatoms. The van der Waals surface area contributed by atoms with E-state index in [1.165, 1.54) is 72.0 Å². The predicted molar refractivity (Wildman–Crippen MR) is 155 cm³/mol. The van der Waals surface area contributed by atoms with Gasteiger partial charge in [0.2, 0.25) is 0 Å². The zero-order valence-corrected chi connectivity index (χ0v) is 21.1. The first kappa shape index (κ1) is 21.9. The molecule has 0 spiro atoms. The Bertz CT molecular complexity index is 1650. The van der Waals surface area contributed by atoms with Gasteiger partial charge in [-0.3, -0.25) is 0 Å². The van der Waals surface area contributed by atoms with Crippen LogP contribution < -0.4 is 4.90 Å². The quantitative estimate of drug-likeness (QED) is 0.233. The molecule has 0 radical (unpaired) electrons. The van der Waals surface area contributed by atoms with Gasteiger partial charge in [-0.2, -0.15) is 0 Å². The van der Waals surface area contributed by atoms with Crippen LogP contribution in [-0.2, 0) is 6.42 Å². The molecule has 5 aromatic carbocycles. The van der Waals surface area contributed by atoms with Crippen molar-refractivity contribution in [2.45, 2.75) is 33.1 Å². The number of fused-ring (bicyclic) bond motifs is 4. The Kier molecular flexibility index (Phi) is 5.75. The van der Waals surface area contributed by atoms with Crippen LogP contribution in [0.2, 0.25) is 0 Å². The average Bonchev–Trinajstić information content (AvgIpc) is 3.25. The summed E-state index contributed by atoms with van der Waals surface area (Å²) in [5, 5.41) is 5.22. The number of hydrogen-bond acceptors (Lipinski definition) is 2. The first-order valence-electron chi connectivity index (χ1n) is 12.5. The summed E-state index contributed by atoms with van der Waals surface area (Å²) in [6, 6.07) is 38.1. The molecule has 1 aromatic heterocycles. The molecule has 6 aromatic rings. The highest BCUT2D eigenvalue weighted by atomic mass is 32.1. The first-order valence-corrected chi connectivity index (χ1v) is 13.3. The topological polar surface area (TPSA) is 3.24 Å². The second-order valence-corrected chi connectivity index (χ2v) is 10.5. The third-order valence-electron chi connectivity index (χ3n) is 6.87. The van der Waals surface area contributed by atoms with E-state index in [-0.39, 0.29) is 0 Å². The van der Waals surface area contributed by atoms with Gasteiger partial charge in [0.1, 0.15) is 0 Å². The molecule has 1 nitrogen and oxygen atoms in total. The van der Waals surface area contributed by atoms with E-state index in [4.69, 9.17) is 0 Å². The van der Waals surface area contributed by atoms with Crippen LogP contribution in [0.25, 0.3) is 30.9 Å². The van der Waals surface area contributed by atoms with Crippen LogP contribution >= 0.6 is 11.3 Å². The number of unbranched alkanes of at least 4 members (excludes halogenated alkanes) is 1. The van der Waals surface area contributed by atoms with Crippen LogP contribution in [0, 0.1) is 6.92 Å². The summed E-state index contributed by atoms with van der Waals surface area (Å²) in [4.78, 5) is 2.41. The fourth-order valence-electron chi connectivity index (χ4n) is 5.08. The maximum atomic E-state index is 2.41. The van der Waals surface area contributed by atoms with Crippen LogP contribution in [0.15, 0.2) is 103 Å². The Hall–Kier alpha value is -3.62. The first-order chi connectivity index (χ1) is 17.2. The lowest BCUT2D eigenvalue weighted by atomic mass is 10.0. The molecule has 0 aliphatic carbocycles. The van der Waals surface area contributed by atoms with Crippen LogP contribution in [0.5, 0.6) is 0 Å². The Balaban J connectivity index is 1.54. The molecule has 0 atom stereocenters. The zero-order valence-electron chi connectivity index (χ0n) is 20.3. The number of aryl methyl sites for hydroxylation is 2. The number of anilines is 3. The zero-order chi connectivity index (χ0) is 23.8. The molecule has 35 heavy (non-hydrogen) atoms. The summed E-state index contributed by atoms with van der Waals surface area (Å²) in [5.41, 5.74) is 6.29. The van der Waals surface area contributed by atoms with Crippen LogP contribution in [0.1, 0.15) is 30.9 Å². The number of thiophene rings is 1. The summed E-state index contributed by atoms with van der Waals surface area (Å²) in [6.07, 6.45) is 3.64. The SMILES string of the molecule is CCCCc1ccc2c(c1)sc1cc(N(c3cccc(C)c3)c3cccc4ccccc34)ccc12. The molecule has 0 unspecified atom stereocenters. The molecule has 6 rings (SSSR count). The van der Waals surface area contributed by atoms with Crippen molar-refractivity contribution in [2.24, 2.45) is 0 Å². The third-order valence-corrected chi connectivity index (χ3v) is 7.98. The number of hydrogen-bond donors (Lipinski definition) is 0. The van der Waals surface area contributed by atoms with Crippen molar-refractivity contribution in [1.29, 1.82) is 0 Å². The van der Waals surface area contributed by atoms with Gasteiger partial charge in [0, 0.05) is 36.9 Å². The van der Waals surface area contributed by atoms with Crippen molar-refractivity contribution >= 4 is 59.3 Å². The van der Waals surface area contributed by atoms with Gasteiger partial charge in [0.05, 0.1) is 5.69 Å². The molecule has 0 saturated carbocycles. The minimum atomic E-state index is 1.16. The third kappa shape index (κ3) is 4.09. The van der Waals surface area contributed by atoms with Crippen molar-refractivity contribution in [3.8, 4) is 0 Å². The molecule has 0 saturated heterocycles. The van der Waals surface area contributed by atoms with Crippen molar-refractivity contribution in [2.75, 3.05) is 4.90 Å². The fraction of sp³-hybridized carbons (Fsp3) is 0.152. The van der Waals surface area contributed by atoms with Crippen molar-refractivity contribution < 1.29 is 0 Å². The smallest absolute Gasteiger partial charge is 0.0540 e. The van der Waals surface area contributed by atoms with E-state index in [1.54, 1.807) is 0 Å². The van der Waals surface area contributed by atoms with Crippen LogP contribution in [0.4, 0.5) is 17.1 Å². The lowest BCUT2D eigenvalue weighted by molar-refractivity contribution is 0.796. The Morgan fingerprint density at radius 1 is 0.657 bits per heavy atom. The summed E-state index contributed by atoms with van der Waals surface area (Å²) in [5.74, 6) is 0. The number of nitrogens with zero attached hydrogens (tertiary/aromatic N) is 1. The second-order valence-electron chi connectivity index (χ2n) is 9.39. The minimum Gasteiger partial charge on any atom is -0.310 e. The highest BCUT2D eigenvalue weighted by molar-refractivity contribution is 7.25. The van der Waals surface area contributed by atoms with Gasteiger partial charge >= 0.3 is 0 Å². The summed E-state index contributed by atoms with van der Waals surface area (Å²) < 4.78 is 2.72. The predicted octanol–water partition coefficient (Wildman–Crippen LogP) is 10.3. The van der Waals surface area contributed by atoms with Crippen LogP contribution in [0.3, 0.4) is 0 Å². The normalized spacial score (nSPS) is 11.5. The molecule has 0 amide bonds. The molecule has 0 aliphatic heterocycles. The van der Waals surface area contributed by atoms with E-state index in [1.807, 2.05) is 11.3 Å². The fourth-order valence-corrected chi connectivity index (χ4v) is 6.29. The van der Waals surface area contributed by atoms with Crippen molar-refractivity contribution in [3.63, 3.8) is 0 Å². The number of rotatable bonds is 6. The van der Waals surface area contributed by atoms with E-state index in [2.05, 4.69) is 122 Å². The Labute approximate surface area is 211 Å². The van der Waals surface area contributed by atoms with E-state index in [0.29, 0.717) is 0 Å². The van der Waals surface area contributed by atoms with Crippen LogP contribution in [-0.4, -0.2) is 0 Å². The summed E-state index contributed by atoms with van der Waals surface area (Å²) >= 11 is 1.91. The number of benzene rings is 5. The second kappa shape index (κ2) is 9.20. The lowest BCUT2D eigenvalue weighted by Crippen LogP contribution is -2.10. The van der Waals surface area contributed by atoms with Gasteiger partial charge in [-0.25, -0.2) is 0 Å². The van der Waals surface area contributed by atoms with Crippen molar-refractivity contribution in [3.05, 3.63) is 114 Å². The molecule has 0 aliphatic rings. The molecule has 0 fully saturated rings. The summed E-state index contributed by atoms with van der Waals surface area (Å²) in [7, 11) is 0. The van der Waals surface area contributed by atoms with Gasteiger partial charge in [0.15, 0.2) is 0 Å². The Morgan fingerprint density at radius 2 is 1.40 bits per heavy atom. The standard InChI is InChI=1S/C33H29NS/c1-3-4-10-24-16-18-29-30-19-17-27(22-33(30)35-32(29)21-24)34(26-13-7-9-23(2)20-26)31-15-8-12-25-11-5-6-14-28(25)31/h5-9,11-22H,3-4,10H2,1-2H3. The largest absolute Gasteiger partial charge is 0.310 e. The molecule has 0 bridgehead atoms. The Morgan fingerprint density at radius 3 is 2.26 bits per heavy atom. The van der Waals surface area contributed by atoms with E-state index < -0.39 is 0 Å². The van der Waals surface area contributed by atoms with E-state index >= 15 is 0 Å². The molecule has 1 heterocycles.